The van der Waals surface area contributed by atoms with Crippen LogP contribution < -0.4 is 10.3 Å². The predicted molar refractivity (Wildman–Crippen MR) is 99.2 cm³/mol. The lowest BCUT2D eigenvalue weighted by Gasteiger charge is -2.26. The van der Waals surface area contributed by atoms with E-state index in [4.69, 9.17) is 4.74 Å². The van der Waals surface area contributed by atoms with Crippen molar-refractivity contribution in [3.8, 4) is 5.75 Å². The summed E-state index contributed by atoms with van der Waals surface area (Å²) in [6, 6.07) is 8.34. The molecular formula is C20H24F3N3O2. The van der Waals surface area contributed by atoms with E-state index in [0.717, 1.165) is 25.4 Å². The molecule has 0 radical (unpaired) electrons. The first-order valence-electron chi connectivity index (χ1n) is 9.52. The van der Waals surface area contributed by atoms with Crippen molar-refractivity contribution in [3.63, 3.8) is 0 Å². The number of benzene rings is 1. The van der Waals surface area contributed by atoms with E-state index in [9.17, 15) is 18.0 Å². The van der Waals surface area contributed by atoms with Gasteiger partial charge in [-0.05, 0) is 50.0 Å². The number of piperidine rings is 1. The summed E-state index contributed by atoms with van der Waals surface area (Å²) >= 11 is 0. The van der Waals surface area contributed by atoms with Crippen molar-refractivity contribution in [3.05, 3.63) is 57.8 Å². The first-order valence-corrected chi connectivity index (χ1v) is 9.52. The van der Waals surface area contributed by atoms with Crippen LogP contribution in [0.1, 0.15) is 42.8 Å². The monoisotopic (exact) mass is 395 g/mol. The Morgan fingerprint density at radius 1 is 1.14 bits per heavy atom. The number of ether oxygens (including phenoxy) is 1. The van der Waals surface area contributed by atoms with Gasteiger partial charge in [0.05, 0.1) is 6.61 Å². The van der Waals surface area contributed by atoms with Crippen molar-refractivity contribution in [2.45, 2.75) is 44.8 Å². The highest BCUT2D eigenvalue weighted by molar-refractivity contribution is 5.28. The Morgan fingerprint density at radius 2 is 1.93 bits per heavy atom. The van der Waals surface area contributed by atoms with Gasteiger partial charge in [-0.2, -0.15) is 13.2 Å². The highest BCUT2D eigenvalue weighted by Gasteiger charge is 2.33. The number of nitrogens with zero attached hydrogens (tertiary/aromatic N) is 2. The molecule has 2 aromatic rings. The fourth-order valence-corrected chi connectivity index (χ4v) is 3.31. The molecule has 1 aromatic carbocycles. The van der Waals surface area contributed by atoms with Crippen LogP contribution in [0.25, 0.3) is 0 Å². The third-order valence-electron chi connectivity index (χ3n) is 4.66. The summed E-state index contributed by atoms with van der Waals surface area (Å²) in [4.78, 5) is 19.6. The molecule has 28 heavy (non-hydrogen) atoms. The maximum Gasteiger partial charge on any atom is 0.433 e. The molecule has 0 unspecified atom stereocenters. The van der Waals surface area contributed by atoms with Crippen molar-refractivity contribution in [2.24, 2.45) is 0 Å². The fraction of sp³-hybridized carbons (Fsp3) is 0.500. The van der Waals surface area contributed by atoms with Gasteiger partial charge in [0.2, 0.25) is 0 Å². The lowest BCUT2D eigenvalue weighted by atomic mass is 10.1. The fourth-order valence-electron chi connectivity index (χ4n) is 3.31. The van der Waals surface area contributed by atoms with Crippen molar-refractivity contribution in [1.29, 1.82) is 0 Å². The predicted octanol–water partition coefficient (Wildman–Crippen LogP) is 3.79. The zero-order valence-corrected chi connectivity index (χ0v) is 15.6. The summed E-state index contributed by atoms with van der Waals surface area (Å²) in [5, 5.41) is 0. The van der Waals surface area contributed by atoms with Crippen LogP contribution in [0.15, 0.2) is 35.1 Å². The Morgan fingerprint density at radius 3 is 2.68 bits per heavy atom. The number of alkyl halides is 3. The molecular weight excluding hydrogens is 371 g/mol. The molecule has 1 saturated heterocycles. The average molecular weight is 395 g/mol. The van der Waals surface area contributed by atoms with Gasteiger partial charge < -0.3 is 9.72 Å². The number of hydrogen-bond donors (Lipinski definition) is 1. The van der Waals surface area contributed by atoms with Gasteiger partial charge in [-0.25, -0.2) is 4.98 Å². The van der Waals surface area contributed by atoms with E-state index in [2.05, 4.69) is 20.9 Å². The summed E-state index contributed by atoms with van der Waals surface area (Å²) in [6.45, 7) is 3.46. The Bertz CT molecular complexity index is 830. The number of nitrogens with one attached hydrogen (secondary N) is 1. The highest BCUT2D eigenvalue weighted by Crippen LogP contribution is 2.26. The summed E-state index contributed by atoms with van der Waals surface area (Å²) in [5.74, 6) is 0.752. The van der Waals surface area contributed by atoms with Gasteiger partial charge in [-0.3, -0.25) is 9.69 Å². The number of halogens is 3. The first-order chi connectivity index (χ1) is 13.4. The van der Waals surface area contributed by atoms with Gasteiger partial charge in [0.25, 0.3) is 5.56 Å². The smallest absolute Gasteiger partial charge is 0.433 e. The molecule has 8 heteroatoms. The molecule has 152 valence electrons. The molecule has 1 aromatic heterocycles. The molecule has 2 heterocycles. The topological polar surface area (TPSA) is 58.2 Å². The first kappa shape index (κ1) is 20.4. The van der Waals surface area contributed by atoms with Crippen LogP contribution in [0.2, 0.25) is 0 Å². The molecule has 5 nitrogen and oxygen atoms in total. The molecule has 1 aliphatic rings. The van der Waals surface area contributed by atoms with Crippen LogP contribution in [-0.2, 0) is 19.1 Å². The SMILES string of the molecule is O=c1cc(C(F)(F)F)nc(CCCOc2cccc(CN3CCCCC3)c2)[nH]1. The minimum atomic E-state index is -4.63. The number of likely N-dealkylation sites (tertiary alicyclic amines) is 1. The van der Waals surface area contributed by atoms with Crippen LogP contribution in [-0.4, -0.2) is 34.6 Å². The minimum absolute atomic E-state index is 0.0160. The molecule has 1 N–H and O–H groups in total. The number of aryl methyl sites for hydroxylation is 1. The van der Waals surface area contributed by atoms with E-state index in [-0.39, 0.29) is 12.2 Å². The van der Waals surface area contributed by atoms with Gasteiger partial charge in [0.15, 0.2) is 5.69 Å². The molecule has 0 amide bonds. The Labute approximate surface area is 161 Å². The number of aromatic amines is 1. The van der Waals surface area contributed by atoms with E-state index < -0.39 is 17.4 Å². The standard InChI is InChI=1S/C20H24F3N3O2/c21-20(22,23)17-13-19(27)25-18(24-17)8-5-11-28-16-7-4-6-15(12-16)14-26-9-2-1-3-10-26/h4,6-7,12-13H,1-3,5,8-11,14H2,(H,24,25,27). The maximum absolute atomic E-state index is 12.7. The maximum atomic E-state index is 12.7. The van der Waals surface area contributed by atoms with Gasteiger partial charge in [-0.1, -0.05) is 18.6 Å². The Balaban J connectivity index is 1.49. The van der Waals surface area contributed by atoms with Gasteiger partial charge in [0, 0.05) is 19.0 Å². The van der Waals surface area contributed by atoms with Crippen LogP contribution in [0.3, 0.4) is 0 Å². The molecule has 0 atom stereocenters. The minimum Gasteiger partial charge on any atom is -0.494 e. The second kappa shape index (κ2) is 9.23. The van der Waals surface area contributed by atoms with E-state index in [1.165, 1.54) is 24.8 Å². The van der Waals surface area contributed by atoms with E-state index in [0.29, 0.717) is 19.1 Å². The summed E-state index contributed by atoms with van der Waals surface area (Å²) in [5.41, 5.74) is -0.787. The average Bonchev–Trinajstić information content (AvgIpc) is 2.65. The summed E-state index contributed by atoms with van der Waals surface area (Å²) < 4.78 is 43.9. The van der Waals surface area contributed by atoms with E-state index in [1.54, 1.807) is 0 Å². The second-order valence-corrected chi connectivity index (χ2v) is 7.01. The van der Waals surface area contributed by atoms with Crippen LogP contribution in [0, 0.1) is 0 Å². The number of hydrogen-bond acceptors (Lipinski definition) is 4. The largest absolute Gasteiger partial charge is 0.494 e. The van der Waals surface area contributed by atoms with E-state index >= 15 is 0 Å². The normalized spacial score (nSPS) is 15.5. The second-order valence-electron chi connectivity index (χ2n) is 7.01. The van der Waals surface area contributed by atoms with Crippen LogP contribution in [0.5, 0.6) is 5.75 Å². The van der Waals surface area contributed by atoms with Crippen molar-refractivity contribution in [2.75, 3.05) is 19.7 Å². The quantitative estimate of drug-likeness (QED) is 0.725. The lowest BCUT2D eigenvalue weighted by Crippen LogP contribution is -2.29. The molecule has 0 aliphatic carbocycles. The Kier molecular flexibility index (Phi) is 6.72. The highest BCUT2D eigenvalue weighted by atomic mass is 19.4. The molecule has 0 bridgehead atoms. The zero-order valence-electron chi connectivity index (χ0n) is 15.6. The molecule has 3 rings (SSSR count). The molecule has 0 saturated carbocycles. The zero-order chi connectivity index (χ0) is 20.0. The van der Waals surface area contributed by atoms with Crippen LogP contribution >= 0.6 is 0 Å². The van der Waals surface area contributed by atoms with E-state index in [1.807, 2.05) is 18.2 Å². The third-order valence-corrected chi connectivity index (χ3v) is 4.66. The summed E-state index contributed by atoms with van der Waals surface area (Å²) in [6.07, 6.45) is -0.211. The van der Waals surface area contributed by atoms with Gasteiger partial charge >= 0.3 is 6.18 Å². The van der Waals surface area contributed by atoms with Crippen molar-refractivity contribution >= 4 is 0 Å². The number of rotatable bonds is 7. The van der Waals surface area contributed by atoms with Crippen molar-refractivity contribution < 1.29 is 17.9 Å². The lowest BCUT2D eigenvalue weighted by molar-refractivity contribution is -0.141. The third kappa shape index (κ3) is 6.09. The molecule has 1 aliphatic heterocycles. The van der Waals surface area contributed by atoms with Crippen molar-refractivity contribution in [1.82, 2.24) is 14.9 Å². The van der Waals surface area contributed by atoms with Gasteiger partial charge in [0.1, 0.15) is 11.6 Å². The Hall–Kier alpha value is -2.35. The van der Waals surface area contributed by atoms with Crippen LogP contribution in [0.4, 0.5) is 13.2 Å². The summed E-state index contributed by atoms with van der Waals surface area (Å²) in [7, 11) is 0. The molecule has 0 spiro atoms. The van der Waals surface area contributed by atoms with Gasteiger partial charge in [-0.15, -0.1) is 0 Å². The number of H-pyrrole nitrogens is 1. The number of aromatic nitrogens is 2. The molecule has 1 fully saturated rings.